The average Bonchev–Trinajstić information content (AvgIpc) is 2.46. The van der Waals surface area contributed by atoms with E-state index >= 15 is 0 Å². The van der Waals surface area contributed by atoms with Crippen molar-refractivity contribution < 1.29 is 1.43 Å². The minimum atomic E-state index is 0. The van der Waals surface area contributed by atoms with Gasteiger partial charge >= 0.3 is 65.3 Å². The first kappa shape index (κ1) is 24.8. The van der Waals surface area contributed by atoms with Crippen LogP contribution in [-0.2, 0) is 0 Å². The molecule has 2 heteroatoms. The summed E-state index contributed by atoms with van der Waals surface area (Å²) in [5.74, 6) is 4.54. The van der Waals surface area contributed by atoms with Crippen LogP contribution in [0.3, 0.4) is 0 Å². The fourth-order valence-corrected chi connectivity index (χ4v) is 4.79. The van der Waals surface area contributed by atoms with Gasteiger partial charge in [-0.15, -0.1) is 0 Å². The van der Waals surface area contributed by atoms with Gasteiger partial charge in [0.05, 0.1) is 0 Å². The summed E-state index contributed by atoms with van der Waals surface area (Å²) in [5, 5.41) is 2.97. The van der Waals surface area contributed by atoms with Gasteiger partial charge < -0.3 is 1.43 Å². The molecule has 0 saturated carbocycles. The van der Waals surface area contributed by atoms with Crippen LogP contribution in [0.1, 0.15) is 89.9 Å². The van der Waals surface area contributed by atoms with Crippen LogP contribution in [0.15, 0.2) is 0 Å². The van der Waals surface area contributed by atoms with Gasteiger partial charge in [-0.1, -0.05) is 78.3 Å². The van der Waals surface area contributed by atoms with Crippen LogP contribution in [0, 0.1) is 11.8 Å². The number of rotatable bonds is 10. The van der Waals surface area contributed by atoms with E-state index < -0.39 is 0 Å². The molecule has 0 aromatic carbocycles. The molecule has 132 valence electrons. The predicted octanol–water partition coefficient (Wildman–Crippen LogP) is 7.83. The zero-order valence-electron chi connectivity index (χ0n) is 18.6. The second-order valence-corrected chi connectivity index (χ2v) is 9.80. The molecule has 0 heterocycles. The van der Waals surface area contributed by atoms with Crippen molar-refractivity contribution in [2.24, 2.45) is 11.8 Å². The second kappa shape index (κ2) is 15.1. The van der Waals surface area contributed by atoms with E-state index in [1.54, 1.807) is 0 Å². The summed E-state index contributed by atoms with van der Waals surface area (Å²) in [5.41, 5.74) is 0. The summed E-state index contributed by atoms with van der Waals surface area (Å²) in [7, 11) is 0. The van der Waals surface area contributed by atoms with Crippen molar-refractivity contribution in [2.45, 2.75) is 117 Å². The third-order valence-corrected chi connectivity index (χ3v) is 7.73. The first-order valence-electron chi connectivity index (χ1n) is 10.0. The largest absolute Gasteiger partial charge is 1.00 e. The van der Waals surface area contributed by atoms with E-state index in [-0.39, 0.29) is 1.43 Å². The Morgan fingerprint density at radius 2 is 0.909 bits per heavy atom. The van der Waals surface area contributed by atoms with Crippen LogP contribution in [0.5, 0.6) is 0 Å². The van der Waals surface area contributed by atoms with E-state index in [2.05, 4.69) is 69.2 Å². The Hall–Kier alpha value is 0.597. The normalized spacial score (nSPS) is 14.9. The Balaban J connectivity index is -0.000000354. The van der Waals surface area contributed by atoms with Crippen LogP contribution in [-0.4, -0.2) is 21.9 Å². The van der Waals surface area contributed by atoms with E-state index in [1.807, 2.05) is 0 Å². The van der Waals surface area contributed by atoms with Crippen molar-refractivity contribution >= 4 is 21.9 Å². The molecular weight excluding hydrogens is 278 g/mol. The Bertz CT molecular complexity index is 202. The van der Waals surface area contributed by atoms with E-state index in [0.717, 1.165) is 51.2 Å². The Labute approximate surface area is 151 Å². The van der Waals surface area contributed by atoms with Gasteiger partial charge in [-0.25, -0.2) is 0 Å². The second-order valence-electron chi connectivity index (χ2n) is 8.28. The molecule has 0 bridgehead atoms. The van der Waals surface area contributed by atoms with Crippen LogP contribution in [0.4, 0.5) is 0 Å². The molecule has 0 aromatic heterocycles. The molecule has 0 amide bonds. The molecule has 3 unspecified atom stereocenters. The molecule has 0 aliphatic heterocycles. The topological polar surface area (TPSA) is 0 Å². The molecule has 3 atom stereocenters. The zero-order valence-corrected chi connectivity index (χ0v) is 18.7. The predicted molar refractivity (Wildman–Crippen MR) is 111 cm³/mol. The standard InChI is InChI=1S/C12H27B.2C4H9.Al.H/c1-7-10(4)13(11(5)8-2)12(6)9-3;2*1-4(2)3;;/h10-12H,7-9H2,1-6H3;2*4H,1H2,2-3H3;;/q;;;+1;-1. The molecule has 0 nitrogen and oxygen atoms in total. The summed E-state index contributed by atoms with van der Waals surface area (Å²) >= 11 is 0.755. The van der Waals surface area contributed by atoms with Crippen molar-refractivity contribution in [3.8, 4) is 0 Å². The molecule has 0 aliphatic carbocycles. The number of hydrogen-bond donors (Lipinski definition) is 0. The van der Waals surface area contributed by atoms with Gasteiger partial charge in [0.15, 0.2) is 0 Å². The summed E-state index contributed by atoms with van der Waals surface area (Å²) in [6.07, 6.45) is 4.00. The first-order valence-corrected chi connectivity index (χ1v) is 11.7. The van der Waals surface area contributed by atoms with Crippen LogP contribution in [0.25, 0.3) is 0 Å². The van der Waals surface area contributed by atoms with Crippen LogP contribution < -0.4 is 0 Å². The van der Waals surface area contributed by atoms with Crippen molar-refractivity contribution in [3.63, 3.8) is 0 Å². The van der Waals surface area contributed by atoms with E-state index in [1.165, 1.54) is 29.8 Å². The quantitative estimate of drug-likeness (QED) is 0.359. The monoisotopic (exact) mass is 324 g/mol. The molecule has 0 aliphatic rings. The van der Waals surface area contributed by atoms with E-state index in [9.17, 15) is 0 Å². The third kappa shape index (κ3) is 13.1. The van der Waals surface area contributed by atoms with E-state index in [4.69, 9.17) is 0 Å². The molecule has 0 N–H and O–H groups in total. The summed E-state index contributed by atoms with van der Waals surface area (Å²) in [4.78, 5) is 0. The first-order chi connectivity index (χ1) is 10.2. The van der Waals surface area contributed by atoms with Gasteiger partial charge in [0.25, 0.3) is 0 Å². The minimum absolute atomic E-state index is 0. The van der Waals surface area contributed by atoms with Crippen molar-refractivity contribution in [2.75, 3.05) is 0 Å². The Morgan fingerprint density at radius 1 is 0.636 bits per heavy atom. The Morgan fingerprint density at radius 3 is 1.09 bits per heavy atom. The van der Waals surface area contributed by atoms with Gasteiger partial charge in [-0.3, -0.25) is 0 Å². The fourth-order valence-electron chi connectivity index (χ4n) is 3.26. The summed E-state index contributed by atoms with van der Waals surface area (Å²) in [6, 6.07) is 0. The minimum Gasteiger partial charge on any atom is -1.00 e. The van der Waals surface area contributed by atoms with Gasteiger partial charge in [0.2, 0.25) is 0 Å². The van der Waals surface area contributed by atoms with Gasteiger partial charge in [0.1, 0.15) is 6.71 Å². The number of hydrogen-bond acceptors (Lipinski definition) is 0. The van der Waals surface area contributed by atoms with E-state index in [0.29, 0.717) is 0 Å². The maximum absolute atomic E-state index is 2.42. The van der Waals surface area contributed by atoms with Crippen molar-refractivity contribution in [3.05, 3.63) is 0 Å². The smallest absolute Gasteiger partial charge is 0.148 e. The molecular formula is C20H46AlB. The van der Waals surface area contributed by atoms with Crippen LogP contribution >= 0.6 is 0 Å². The molecule has 0 saturated heterocycles. The molecule has 0 aromatic rings. The summed E-state index contributed by atoms with van der Waals surface area (Å²) in [6.45, 7) is 24.4. The molecule has 0 fully saturated rings. The SMILES string of the molecule is CC(C)[CH2][Al+][CH2]C(C)C.CCC(C)B(C(C)CC)C(C)CC.[H-]. The summed E-state index contributed by atoms with van der Waals surface area (Å²) < 4.78 is 0. The molecule has 0 rings (SSSR count). The Kier molecular flexibility index (Phi) is 17.1. The van der Waals surface area contributed by atoms with Gasteiger partial charge in [0, 0.05) is 0 Å². The maximum Gasteiger partial charge on any atom is 0.148 e. The van der Waals surface area contributed by atoms with Crippen molar-refractivity contribution in [1.82, 2.24) is 0 Å². The van der Waals surface area contributed by atoms with Gasteiger partial charge in [-0.2, -0.15) is 0 Å². The average molecular weight is 324 g/mol. The molecule has 22 heavy (non-hydrogen) atoms. The van der Waals surface area contributed by atoms with Crippen molar-refractivity contribution in [1.29, 1.82) is 0 Å². The maximum atomic E-state index is 2.42. The van der Waals surface area contributed by atoms with Gasteiger partial charge in [-0.05, 0) is 0 Å². The van der Waals surface area contributed by atoms with Crippen LogP contribution in [0.2, 0.25) is 28.0 Å². The fraction of sp³-hybridized carbons (Fsp3) is 1.00. The molecule has 0 spiro atoms. The molecule has 0 radical (unpaired) electrons. The third-order valence-electron chi connectivity index (χ3n) is 5.18. The zero-order chi connectivity index (χ0) is 17.7.